The Balaban J connectivity index is 1.69. The molecule has 3 aromatic rings. The number of nitrogens with one attached hydrogen (secondary N) is 2. The van der Waals surface area contributed by atoms with Gasteiger partial charge in [-0.2, -0.15) is 10.1 Å². The lowest BCUT2D eigenvalue weighted by molar-refractivity contribution is 0.517. The Morgan fingerprint density at radius 1 is 1.14 bits per heavy atom. The van der Waals surface area contributed by atoms with Crippen molar-refractivity contribution >= 4 is 40.7 Å². The summed E-state index contributed by atoms with van der Waals surface area (Å²) in [4.78, 5) is 4.31. The third-order valence-electron chi connectivity index (χ3n) is 2.75. The van der Waals surface area contributed by atoms with E-state index in [4.69, 9.17) is 27.6 Å². The van der Waals surface area contributed by atoms with Gasteiger partial charge in [-0.15, -0.1) is 5.10 Å². The molecular weight excluding hydrogens is 325 g/mol. The molecule has 0 unspecified atom stereocenters. The average molecular weight is 336 g/mol. The summed E-state index contributed by atoms with van der Waals surface area (Å²) >= 11 is 11.9. The molecule has 22 heavy (non-hydrogen) atoms. The Morgan fingerprint density at radius 2 is 2.05 bits per heavy atom. The highest BCUT2D eigenvalue weighted by Crippen LogP contribution is 2.26. The Bertz CT molecular complexity index is 764. The maximum Gasteiger partial charge on any atom is 0.245 e. The fraction of sp³-hybridized carbons (Fsp3) is 0.0714. The Labute approximate surface area is 136 Å². The Kier molecular flexibility index (Phi) is 4.41. The third kappa shape index (κ3) is 3.66. The van der Waals surface area contributed by atoms with Gasteiger partial charge in [-0.1, -0.05) is 23.2 Å². The summed E-state index contributed by atoms with van der Waals surface area (Å²) in [6.07, 6.45) is 3.12. The van der Waals surface area contributed by atoms with Crippen molar-refractivity contribution in [3.63, 3.8) is 0 Å². The van der Waals surface area contributed by atoms with Crippen LogP contribution in [0.15, 0.2) is 47.2 Å². The second-order valence-electron chi connectivity index (χ2n) is 4.35. The van der Waals surface area contributed by atoms with Crippen LogP contribution in [0.4, 0.5) is 17.5 Å². The lowest BCUT2D eigenvalue weighted by Crippen LogP contribution is -2.05. The molecule has 0 atom stereocenters. The van der Waals surface area contributed by atoms with Crippen LogP contribution in [0.5, 0.6) is 0 Å². The lowest BCUT2D eigenvalue weighted by Gasteiger charge is -2.07. The molecule has 0 aliphatic carbocycles. The van der Waals surface area contributed by atoms with Crippen LogP contribution in [-0.4, -0.2) is 15.2 Å². The molecular formula is C14H11Cl2N5O. The van der Waals surface area contributed by atoms with E-state index in [9.17, 15) is 0 Å². The van der Waals surface area contributed by atoms with Crippen molar-refractivity contribution in [1.29, 1.82) is 0 Å². The number of benzene rings is 1. The molecule has 0 bridgehead atoms. The molecule has 8 heteroatoms. The van der Waals surface area contributed by atoms with E-state index in [0.29, 0.717) is 28.4 Å². The quantitative estimate of drug-likeness (QED) is 0.730. The van der Waals surface area contributed by atoms with E-state index < -0.39 is 0 Å². The number of furan rings is 1. The molecule has 3 rings (SSSR count). The standard InChI is InChI=1S/C14H11Cl2N5O/c15-11-4-3-9(6-12(11)16)19-13-8-18-21-14(20-13)17-7-10-2-1-5-22-10/h1-6,8H,7H2,(H2,17,19,20,21). The van der Waals surface area contributed by atoms with E-state index in [2.05, 4.69) is 25.8 Å². The molecule has 2 heterocycles. The number of rotatable bonds is 5. The molecule has 0 saturated carbocycles. The summed E-state index contributed by atoms with van der Waals surface area (Å²) in [5, 5.41) is 14.9. The van der Waals surface area contributed by atoms with Gasteiger partial charge in [0.05, 0.1) is 29.1 Å². The van der Waals surface area contributed by atoms with Gasteiger partial charge in [0.25, 0.3) is 0 Å². The molecule has 0 fully saturated rings. The molecule has 0 aliphatic rings. The monoisotopic (exact) mass is 335 g/mol. The zero-order valence-electron chi connectivity index (χ0n) is 11.3. The molecule has 0 spiro atoms. The first kappa shape index (κ1) is 14.6. The van der Waals surface area contributed by atoms with E-state index >= 15 is 0 Å². The minimum Gasteiger partial charge on any atom is -0.467 e. The number of anilines is 3. The molecule has 2 aromatic heterocycles. The topological polar surface area (TPSA) is 75.9 Å². The van der Waals surface area contributed by atoms with Gasteiger partial charge < -0.3 is 15.1 Å². The number of hydrogen-bond acceptors (Lipinski definition) is 6. The van der Waals surface area contributed by atoms with Crippen LogP contribution in [0.1, 0.15) is 5.76 Å². The molecule has 1 aromatic carbocycles. The van der Waals surface area contributed by atoms with E-state index in [1.54, 1.807) is 24.5 Å². The van der Waals surface area contributed by atoms with E-state index in [0.717, 1.165) is 11.4 Å². The average Bonchev–Trinajstić information content (AvgIpc) is 3.03. The summed E-state index contributed by atoms with van der Waals surface area (Å²) < 4.78 is 5.22. The summed E-state index contributed by atoms with van der Waals surface area (Å²) in [5.41, 5.74) is 0.756. The molecule has 0 amide bonds. The second kappa shape index (κ2) is 6.64. The number of aromatic nitrogens is 3. The van der Waals surface area contributed by atoms with Crippen LogP contribution in [0, 0.1) is 0 Å². The zero-order valence-corrected chi connectivity index (χ0v) is 12.8. The van der Waals surface area contributed by atoms with Crippen molar-refractivity contribution in [3.05, 3.63) is 58.6 Å². The largest absolute Gasteiger partial charge is 0.467 e. The number of nitrogens with zero attached hydrogens (tertiary/aromatic N) is 3. The van der Waals surface area contributed by atoms with Gasteiger partial charge in [0.1, 0.15) is 5.76 Å². The smallest absolute Gasteiger partial charge is 0.245 e. The summed E-state index contributed by atoms with van der Waals surface area (Å²) in [5.74, 6) is 1.71. The summed E-state index contributed by atoms with van der Waals surface area (Å²) in [6.45, 7) is 0.477. The van der Waals surface area contributed by atoms with Gasteiger partial charge in [-0.3, -0.25) is 0 Å². The van der Waals surface area contributed by atoms with Crippen molar-refractivity contribution in [3.8, 4) is 0 Å². The number of hydrogen-bond donors (Lipinski definition) is 2. The fourth-order valence-electron chi connectivity index (χ4n) is 1.74. The van der Waals surface area contributed by atoms with Crippen molar-refractivity contribution in [2.75, 3.05) is 10.6 Å². The highest BCUT2D eigenvalue weighted by Gasteiger charge is 2.04. The summed E-state index contributed by atoms with van der Waals surface area (Å²) in [6, 6.07) is 8.89. The minimum atomic E-state index is 0.390. The van der Waals surface area contributed by atoms with Gasteiger partial charge in [0.2, 0.25) is 5.95 Å². The lowest BCUT2D eigenvalue weighted by atomic mass is 10.3. The van der Waals surface area contributed by atoms with Crippen molar-refractivity contribution < 1.29 is 4.42 Å². The van der Waals surface area contributed by atoms with Crippen molar-refractivity contribution in [2.45, 2.75) is 6.54 Å². The molecule has 0 saturated heterocycles. The normalized spacial score (nSPS) is 10.5. The van der Waals surface area contributed by atoms with E-state index in [1.165, 1.54) is 6.20 Å². The predicted octanol–water partition coefficient (Wildman–Crippen LogP) is 4.13. The maximum absolute atomic E-state index is 5.98. The van der Waals surface area contributed by atoms with Crippen LogP contribution in [0.25, 0.3) is 0 Å². The van der Waals surface area contributed by atoms with Gasteiger partial charge in [0, 0.05) is 5.69 Å². The Hall–Kier alpha value is -2.31. The zero-order chi connectivity index (χ0) is 15.4. The number of halogens is 2. The fourth-order valence-corrected chi connectivity index (χ4v) is 2.04. The molecule has 0 radical (unpaired) electrons. The first-order chi connectivity index (χ1) is 10.7. The third-order valence-corrected chi connectivity index (χ3v) is 3.49. The van der Waals surface area contributed by atoms with Crippen molar-refractivity contribution in [1.82, 2.24) is 15.2 Å². The highest BCUT2D eigenvalue weighted by molar-refractivity contribution is 6.42. The van der Waals surface area contributed by atoms with E-state index in [1.807, 2.05) is 12.1 Å². The first-order valence-corrected chi connectivity index (χ1v) is 7.14. The second-order valence-corrected chi connectivity index (χ2v) is 5.17. The van der Waals surface area contributed by atoms with Gasteiger partial charge in [0.15, 0.2) is 5.82 Å². The Morgan fingerprint density at radius 3 is 2.82 bits per heavy atom. The van der Waals surface area contributed by atoms with Crippen LogP contribution in [0.3, 0.4) is 0 Å². The van der Waals surface area contributed by atoms with Gasteiger partial charge >= 0.3 is 0 Å². The SMILES string of the molecule is Clc1ccc(Nc2cnnc(NCc3ccco3)n2)cc1Cl. The van der Waals surface area contributed by atoms with Crippen LogP contribution in [-0.2, 0) is 6.54 Å². The summed E-state index contributed by atoms with van der Waals surface area (Å²) in [7, 11) is 0. The van der Waals surface area contributed by atoms with Crippen LogP contribution in [0.2, 0.25) is 10.0 Å². The van der Waals surface area contributed by atoms with Gasteiger partial charge in [-0.25, -0.2) is 0 Å². The predicted molar refractivity (Wildman–Crippen MR) is 85.6 cm³/mol. The van der Waals surface area contributed by atoms with Crippen molar-refractivity contribution in [2.24, 2.45) is 0 Å². The highest BCUT2D eigenvalue weighted by atomic mass is 35.5. The minimum absolute atomic E-state index is 0.390. The maximum atomic E-state index is 5.98. The molecule has 2 N–H and O–H groups in total. The molecule has 0 aliphatic heterocycles. The van der Waals surface area contributed by atoms with E-state index in [-0.39, 0.29) is 0 Å². The van der Waals surface area contributed by atoms with Crippen LogP contribution >= 0.6 is 23.2 Å². The molecule has 6 nitrogen and oxygen atoms in total. The van der Waals surface area contributed by atoms with Gasteiger partial charge in [-0.05, 0) is 30.3 Å². The molecule has 112 valence electrons. The van der Waals surface area contributed by atoms with Crippen LogP contribution < -0.4 is 10.6 Å². The first-order valence-electron chi connectivity index (χ1n) is 6.39.